The third kappa shape index (κ3) is 3.82. The summed E-state index contributed by atoms with van der Waals surface area (Å²) < 4.78 is 0. The second kappa shape index (κ2) is 7.94. The van der Waals surface area contributed by atoms with Gasteiger partial charge in [-0.3, -0.25) is 4.79 Å². The third-order valence-electron chi connectivity index (χ3n) is 3.05. The largest absolute Gasteiger partial charge is 0.344 e. The van der Waals surface area contributed by atoms with Crippen LogP contribution in [0.2, 0.25) is 0 Å². The fraction of sp³-hybridized carbons (Fsp3) is 0.636. The first-order valence-corrected chi connectivity index (χ1v) is 6.56. The van der Waals surface area contributed by atoms with Crippen LogP contribution in [0.25, 0.3) is 0 Å². The van der Waals surface area contributed by atoms with Crippen molar-refractivity contribution in [2.75, 3.05) is 6.54 Å². The van der Waals surface area contributed by atoms with E-state index in [2.05, 4.69) is 10.3 Å². The van der Waals surface area contributed by atoms with E-state index in [4.69, 9.17) is 5.73 Å². The van der Waals surface area contributed by atoms with Crippen molar-refractivity contribution in [3.8, 4) is 0 Å². The zero-order chi connectivity index (χ0) is 11.4. The van der Waals surface area contributed by atoms with Gasteiger partial charge in [0.15, 0.2) is 0 Å². The molecule has 0 saturated heterocycles. The number of carbonyl (C=O) groups excluding carboxylic acids is 1. The van der Waals surface area contributed by atoms with Gasteiger partial charge in [-0.25, -0.2) is 4.98 Å². The van der Waals surface area contributed by atoms with E-state index in [1.54, 1.807) is 17.5 Å². The van der Waals surface area contributed by atoms with Gasteiger partial charge in [-0.15, -0.1) is 36.2 Å². The molecule has 1 aliphatic rings. The Hall–Kier alpha value is -0.360. The number of amides is 1. The summed E-state index contributed by atoms with van der Waals surface area (Å²) in [6.07, 6.45) is 6.50. The lowest BCUT2D eigenvalue weighted by Gasteiger charge is -2.28. The van der Waals surface area contributed by atoms with Crippen LogP contribution in [0.3, 0.4) is 0 Å². The highest BCUT2D eigenvalue weighted by Gasteiger charge is 2.38. The summed E-state index contributed by atoms with van der Waals surface area (Å²) in [5, 5.41) is 6.12. The molecule has 18 heavy (non-hydrogen) atoms. The molecule has 0 bridgehead atoms. The molecule has 3 N–H and O–H groups in total. The van der Waals surface area contributed by atoms with Crippen LogP contribution >= 0.6 is 36.2 Å². The van der Waals surface area contributed by atoms with Crippen molar-refractivity contribution in [1.29, 1.82) is 0 Å². The molecule has 0 radical (unpaired) electrons. The highest BCUT2D eigenvalue weighted by molar-refractivity contribution is 7.09. The SMILES string of the molecule is Cl.Cl.NCCC(=O)NC1(c2nccs2)CCCC1. The second-order valence-electron chi connectivity index (χ2n) is 4.21. The molecule has 1 aliphatic carbocycles. The van der Waals surface area contributed by atoms with E-state index in [9.17, 15) is 4.79 Å². The Kier molecular flexibility index (Phi) is 7.78. The van der Waals surface area contributed by atoms with Crippen LogP contribution in [0.4, 0.5) is 0 Å². The molecule has 0 aliphatic heterocycles. The quantitative estimate of drug-likeness (QED) is 0.896. The molecule has 0 atom stereocenters. The number of rotatable bonds is 4. The molecule has 0 unspecified atom stereocenters. The summed E-state index contributed by atoms with van der Waals surface area (Å²) in [7, 11) is 0. The normalized spacial score (nSPS) is 16.5. The maximum Gasteiger partial charge on any atom is 0.222 e. The average Bonchev–Trinajstić information content (AvgIpc) is 2.86. The lowest BCUT2D eigenvalue weighted by atomic mass is 9.98. The summed E-state index contributed by atoms with van der Waals surface area (Å²) in [5.41, 5.74) is 5.18. The molecule has 1 saturated carbocycles. The van der Waals surface area contributed by atoms with Crippen LogP contribution in [-0.2, 0) is 10.3 Å². The summed E-state index contributed by atoms with van der Waals surface area (Å²) >= 11 is 1.62. The topological polar surface area (TPSA) is 68.0 Å². The van der Waals surface area contributed by atoms with Gasteiger partial charge in [0.1, 0.15) is 5.01 Å². The Bertz CT molecular complexity index is 353. The number of thiazole rings is 1. The highest BCUT2D eigenvalue weighted by atomic mass is 35.5. The van der Waals surface area contributed by atoms with E-state index < -0.39 is 0 Å². The van der Waals surface area contributed by atoms with Crippen molar-refractivity contribution in [2.45, 2.75) is 37.6 Å². The van der Waals surface area contributed by atoms with Gasteiger partial charge in [0.2, 0.25) is 5.91 Å². The van der Waals surface area contributed by atoms with Crippen molar-refractivity contribution >= 4 is 42.1 Å². The van der Waals surface area contributed by atoms with Crippen molar-refractivity contribution < 1.29 is 4.79 Å². The van der Waals surface area contributed by atoms with Crippen LogP contribution in [0.5, 0.6) is 0 Å². The molecule has 1 heterocycles. The third-order valence-corrected chi connectivity index (χ3v) is 4.03. The number of nitrogens with one attached hydrogen (secondary N) is 1. The smallest absolute Gasteiger partial charge is 0.222 e. The Morgan fingerprint density at radius 1 is 1.44 bits per heavy atom. The standard InChI is InChI=1S/C11H17N3OS.2ClH/c12-6-3-9(15)14-11(4-1-2-5-11)10-13-7-8-16-10;;/h7-8H,1-6,12H2,(H,14,15);2*1H. The first kappa shape index (κ1) is 17.6. The monoisotopic (exact) mass is 311 g/mol. The maximum atomic E-state index is 11.7. The summed E-state index contributed by atoms with van der Waals surface area (Å²) in [6, 6.07) is 0. The van der Waals surface area contributed by atoms with Gasteiger partial charge in [0, 0.05) is 24.5 Å². The van der Waals surface area contributed by atoms with Gasteiger partial charge < -0.3 is 11.1 Å². The Labute approximate surface area is 124 Å². The van der Waals surface area contributed by atoms with Crippen LogP contribution in [0.1, 0.15) is 37.1 Å². The molecular formula is C11H19Cl2N3OS. The van der Waals surface area contributed by atoms with Crippen molar-refractivity contribution in [3.63, 3.8) is 0 Å². The summed E-state index contributed by atoms with van der Waals surface area (Å²) in [5.74, 6) is 0.0413. The van der Waals surface area contributed by atoms with Crippen LogP contribution in [0, 0.1) is 0 Å². The Balaban J connectivity index is 0.00000144. The maximum absolute atomic E-state index is 11.7. The van der Waals surface area contributed by atoms with E-state index in [1.165, 1.54) is 0 Å². The minimum Gasteiger partial charge on any atom is -0.344 e. The van der Waals surface area contributed by atoms with E-state index in [0.717, 1.165) is 30.7 Å². The molecule has 1 amide bonds. The fourth-order valence-electron chi connectivity index (χ4n) is 2.29. The number of carbonyl (C=O) groups is 1. The number of nitrogens with two attached hydrogens (primary N) is 1. The van der Waals surface area contributed by atoms with Crippen molar-refractivity contribution in [2.24, 2.45) is 5.73 Å². The molecule has 1 aromatic heterocycles. The Morgan fingerprint density at radius 2 is 2.11 bits per heavy atom. The van der Waals surface area contributed by atoms with Gasteiger partial charge in [-0.2, -0.15) is 0 Å². The minimum atomic E-state index is -0.208. The van der Waals surface area contributed by atoms with E-state index in [1.807, 2.05) is 5.38 Å². The predicted molar refractivity (Wildman–Crippen MR) is 78.6 cm³/mol. The fourth-order valence-corrected chi connectivity index (χ4v) is 3.14. The van der Waals surface area contributed by atoms with Crippen molar-refractivity contribution in [1.82, 2.24) is 10.3 Å². The summed E-state index contributed by atoms with van der Waals surface area (Å²) in [6.45, 7) is 0.403. The molecule has 1 fully saturated rings. The highest BCUT2D eigenvalue weighted by Crippen LogP contribution is 2.39. The van der Waals surface area contributed by atoms with Gasteiger partial charge in [-0.1, -0.05) is 12.8 Å². The number of nitrogens with zero attached hydrogens (tertiary/aromatic N) is 1. The zero-order valence-corrected chi connectivity index (χ0v) is 12.5. The van der Waals surface area contributed by atoms with Gasteiger partial charge in [0.05, 0.1) is 5.54 Å². The van der Waals surface area contributed by atoms with E-state index in [-0.39, 0.29) is 36.3 Å². The number of hydrogen-bond acceptors (Lipinski definition) is 4. The van der Waals surface area contributed by atoms with Crippen LogP contribution in [-0.4, -0.2) is 17.4 Å². The molecule has 2 rings (SSSR count). The van der Waals surface area contributed by atoms with E-state index >= 15 is 0 Å². The first-order chi connectivity index (χ1) is 7.77. The van der Waals surface area contributed by atoms with Gasteiger partial charge >= 0.3 is 0 Å². The number of hydrogen-bond donors (Lipinski definition) is 2. The van der Waals surface area contributed by atoms with Crippen molar-refractivity contribution in [3.05, 3.63) is 16.6 Å². The molecule has 4 nitrogen and oxygen atoms in total. The lowest BCUT2D eigenvalue weighted by Crippen LogP contribution is -2.44. The predicted octanol–water partition coefficient (Wildman–Crippen LogP) is 2.22. The van der Waals surface area contributed by atoms with Crippen LogP contribution in [0.15, 0.2) is 11.6 Å². The lowest BCUT2D eigenvalue weighted by molar-refractivity contribution is -0.122. The van der Waals surface area contributed by atoms with E-state index in [0.29, 0.717) is 13.0 Å². The molecular weight excluding hydrogens is 293 g/mol. The second-order valence-corrected chi connectivity index (χ2v) is 5.11. The number of halogens is 2. The molecule has 1 aromatic rings. The zero-order valence-electron chi connectivity index (χ0n) is 10.1. The number of aromatic nitrogens is 1. The molecule has 0 spiro atoms. The first-order valence-electron chi connectivity index (χ1n) is 5.68. The Morgan fingerprint density at radius 3 is 2.61 bits per heavy atom. The minimum absolute atomic E-state index is 0. The molecule has 7 heteroatoms. The summed E-state index contributed by atoms with van der Waals surface area (Å²) in [4.78, 5) is 16.0. The molecule has 104 valence electrons. The van der Waals surface area contributed by atoms with Gasteiger partial charge in [0.25, 0.3) is 0 Å². The van der Waals surface area contributed by atoms with Crippen LogP contribution < -0.4 is 11.1 Å². The molecule has 0 aromatic carbocycles. The van der Waals surface area contributed by atoms with Gasteiger partial charge in [-0.05, 0) is 12.8 Å². The average molecular weight is 312 g/mol.